The molecule has 0 heterocycles. The normalized spacial score (nSPS) is 16.0. The van der Waals surface area contributed by atoms with Crippen LogP contribution in [0.25, 0.3) is 0 Å². The van der Waals surface area contributed by atoms with Crippen LogP contribution in [0.15, 0.2) is 4.99 Å². The first kappa shape index (κ1) is 17.8. The third-order valence-corrected chi connectivity index (χ3v) is 4.10. The van der Waals surface area contributed by atoms with E-state index < -0.39 is 0 Å². The van der Waals surface area contributed by atoms with Crippen molar-refractivity contribution in [2.45, 2.75) is 51.9 Å². The van der Waals surface area contributed by atoms with E-state index in [1.54, 1.807) is 7.05 Å². The molecule has 0 saturated heterocycles. The van der Waals surface area contributed by atoms with Crippen molar-refractivity contribution >= 4 is 11.9 Å². The summed E-state index contributed by atoms with van der Waals surface area (Å²) in [6, 6.07) is 0. The van der Waals surface area contributed by atoms with E-state index in [0.717, 1.165) is 25.5 Å². The van der Waals surface area contributed by atoms with Gasteiger partial charge in [-0.1, -0.05) is 26.2 Å². The molecule has 1 fully saturated rings. The molecule has 0 aromatic heterocycles. The molecule has 1 aliphatic carbocycles. The molecule has 122 valence electrons. The summed E-state index contributed by atoms with van der Waals surface area (Å²) in [5, 5.41) is 6.28. The van der Waals surface area contributed by atoms with E-state index in [2.05, 4.69) is 27.4 Å². The summed E-state index contributed by atoms with van der Waals surface area (Å²) in [4.78, 5) is 18.2. The Labute approximate surface area is 129 Å². The lowest BCUT2D eigenvalue weighted by Gasteiger charge is -2.22. The van der Waals surface area contributed by atoms with E-state index in [4.69, 9.17) is 0 Å². The molecule has 0 radical (unpaired) electrons. The maximum atomic E-state index is 11.8. The Hall–Kier alpha value is -1.26. The maximum Gasteiger partial charge on any atom is 0.220 e. The van der Waals surface area contributed by atoms with Gasteiger partial charge in [0.15, 0.2) is 5.96 Å². The number of rotatable bonds is 8. The van der Waals surface area contributed by atoms with E-state index >= 15 is 0 Å². The highest BCUT2D eigenvalue weighted by Gasteiger charge is 2.17. The molecule has 1 amide bonds. The average molecular weight is 296 g/mol. The number of unbranched alkanes of at least 4 members (excludes halogenated alkanes) is 1. The second-order valence-corrected chi connectivity index (χ2v) is 5.95. The van der Waals surface area contributed by atoms with Gasteiger partial charge >= 0.3 is 0 Å². The summed E-state index contributed by atoms with van der Waals surface area (Å²) in [6.45, 7) is 4.57. The molecule has 1 saturated carbocycles. The number of carbonyl (C=O) groups is 1. The van der Waals surface area contributed by atoms with Crippen LogP contribution in [0.4, 0.5) is 0 Å². The number of nitrogens with one attached hydrogen (secondary N) is 2. The van der Waals surface area contributed by atoms with Crippen LogP contribution < -0.4 is 10.6 Å². The second-order valence-electron chi connectivity index (χ2n) is 5.95. The minimum Gasteiger partial charge on any atom is -0.354 e. The number of carbonyl (C=O) groups excluding carboxylic acids is 1. The standard InChI is InChI=1S/C16H32N4O/c1-4-5-12-20(3)16(17-2)19-11-10-18-15(21)13-14-8-6-7-9-14/h14H,4-13H2,1-3H3,(H,17,19)(H,18,21). The zero-order valence-corrected chi connectivity index (χ0v) is 14.0. The van der Waals surface area contributed by atoms with Gasteiger partial charge in [-0.3, -0.25) is 9.79 Å². The van der Waals surface area contributed by atoms with Gasteiger partial charge in [-0.05, 0) is 25.2 Å². The molecule has 0 aromatic rings. The van der Waals surface area contributed by atoms with Crippen molar-refractivity contribution in [1.29, 1.82) is 0 Å². The molecule has 2 N–H and O–H groups in total. The first-order valence-electron chi connectivity index (χ1n) is 8.35. The van der Waals surface area contributed by atoms with Crippen molar-refractivity contribution in [1.82, 2.24) is 15.5 Å². The molecule has 0 atom stereocenters. The molecule has 21 heavy (non-hydrogen) atoms. The van der Waals surface area contributed by atoms with Crippen molar-refractivity contribution in [3.8, 4) is 0 Å². The molecule has 1 rings (SSSR count). The van der Waals surface area contributed by atoms with Crippen molar-refractivity contribution in [2.75, 3.05) is 33.7 Å². The average Bonchev–Trinajstić information content (AvgIpc) is 2.97. The van der Waals surface area contributed by atoms with Crippen molar-refractivity contribution in [3.05, 3.63) is 0 Å². The smallest absolute Gasteiger partial charge is 0.220 e. The molecule has 1 aliphatic rings. The molecule has 0 spiro atoms. The highest BCUT2D eigenvalue weighted by molar-refractivity contribution is 5.79. The predicted molar refractivity (Wildman–Crippen MR) is 88.5 cm³/mol. The Morgan fingerprint density at radius 1 is 1.24 bits per heavy atom. The van der Waals surface area contributed by atoms with Crippen molar-refractivity contribution < 1.29 is 4.79 Å². The van der Waals surface area contributed by atoms with Gasteiger partial charge in [-0.15, -0.1) is 0 Å². The quantitative estimate of drug-likeness (QED) is 0.409. The van der Waals surface area contributed by atoms with E-state index in [1.165, 1.54) is 32.1 Å². The fourth-order valence-corrected chi connectivity index (χ4v) is 2.81. The number of aliphatic imine (C=N–C) groups is 1. The Morgan fingerprint density at radius 2 is 1.90 bits per heavy atom. The van der Waals surface area contributed by atoms with E-state index in [1.807, 2.05) is 7.05 Å². The number of nitrogens with zero attached hydrogens (tertiary/aromatic N) is 2. The minimum atomic E-state index is 0.193. The molecule has 0 aromatic carbocycles. The number of guanidine groups is 1. The highest BCUT2D eigenvalue weighted by Crippen LogP contribution is 2.27. The predicted octanol–water partition coefficient (Wildman–Crippen LogP) is 1.99. The summed E-state index contributed by atoms with van der Waals surface area (Å²) in [7, 11) is 3.84. The third kappa shape index (κ3) is 7.34. The molecule has 5 nitrogen and oxygen atoms in total. The van der Waals surface area contributed by atoms with Gasteiger partial charge in [-0.25, -0.2) is 0 Å². The summed E-state index contributed by atoms with van der Waals surface area (Å²) < 4.78 is 0. The Bertz CT molecular complexity index is 324. The van der Waals surface area contributed by atoms with Crippen LogP contribution in [0, 0.1) is 5.92 Å². The van der Waals surface area contributed by atoms with Crippen LogP contribution in [-0.2, 0) is 4.79 Å². The van der Waals surface area contributed by atoms with Crippen molar-refractivity contribution in [3.63, 3.8) is 0 Å². The Morgan fingerprint density at radius 3 is 2.52 bits per heavy atom. The van der Waals surface area contributed by atoms with Gasteiger partial charge in [0.25, 0.3) is 0 Å². The van der Waals surface area contributed by atoms with E-state index in [-0.39, 0.29) is 5.91 Å². The second kappa shape index (κ2) is 10.5. The van der Waals surface area contributed by atoms with Gasteiger partial charge in [0.2, 0.25) is 5.91 Å². The summed E-state index contributed by atoms with van der Waals surface area (Å²) in [5.41, 5.74) is 0. The summed E-state index contributed by atoms with van der Waals surface area (Å²) >= 11 is 0. The first-order chi connectivity index (χ1) is 10.2. The number of hydrogen-bond donors (Lipinski definition) is 2. The van der Waals surface area contributed by atoms with Crippen LogP contribution in [0.2, 0.25) is 0 Å². The fraction of sp³-hybridized carbons (Fsp3) is 0.875. The largest absolute Gasteiger partial charge is 0.354 e. The molecular weight excluding hydrogens is 264 g/mol. The van der Waals surface area contributed by atoms with Crippen LogP contribution in [-0.4, -0.2) is 50.5 Å². The van der Waals surface area contributed by atoms with Crippen LogP contribution in [0.3, 0.4) is 0 Å². The van der Waals surface area contributed by atoms with Gasteiger partial charge in [-0.2, -0.15) is 0 Å². The van der Waals surface area contributed by atoms with Crippen LogP contribution >= 0.6 is 0 Å². The lowest BCUT2D eigenvalue weighted by atomic mass is 10.0. The summed E-state index contributed by atoms with van der Waals surface area (Å²) in [6.07, 6.45) is 8.07. The summed E-state index contributed by atoms with van der Waals surface area (Å²) in [5.74, 6) is 1.71. The van der Waals surface area contributed by atoms with Gasteiger partial charge < -0.3 is 15.5 Å². The number of hydrogen-bond acceptors (Lipinski definition) is 2. The number of amides is 1. The molecule has 5 heteroatoms. The van der Waals surface area contributed by atoms with E-state index in [0.29, 0.717) is 18.9 Å². The molecule has 0 unspecified atom stereocenters. The first-order valence-corrected chi connectivity index (χ1v) is 8.35. The van der Waals surface area contributed by atoms with Crippen LogP contribution in [0.5, 0.6) is 0 Å². The van der Waals surface area contributed by atoms with Gasteiger partial charge in [0.05, 0.1) is 0 Å². The lowest BCUT2D eigenvalue weighted by Crippen LogP contribution is -2.42. The zero-order chi connectivity index (χ0) is 15.5. The Balaban J connectivity index is 2.12. The molecule has 0 bridgehead atoms. The third-order valence-electron chi connectivity index (χ3n) is 4.10. The van der Waals surface area contributed by atoms with Gasteiger partial charge in [0, 0.05) is 40.2 Å². The lowest BCUT2D eigenvalue weighted by molar-refractivity contribution is -0.121. The zero-order valence-electron chi connectivity index (χ0n) is 14.0. The highest BCUT2D eigenvalue weighted by atomic mass is 16.1. The molecule has 0 aliphatic heterocycles. The minimum absolute atomic E-state index is 0.193. The fourth-order valence-electron chi connectivity index (χ4n) is 2.81. The molecular formula is C16H32N4O. The SMILES string of the molecule is CCCCN(C)C(=NC)NCCNC(=O)CC1CCCC1. The topological polar surface area (TPSA) is 56.7 Å². The van der Waals surface area contributed by atoms with E-state index in [9.17, 15) is 4.79 Å². The van der Waals surface area contributed by atoms with Crippen LogP contribution in [0.1, 0.15) is 51.9 Å². The van der Waals surface area contributed by atoms with Gasteiger partial charge in [0.1, 0.15) is 0 Å². The Kier molecular flexibility index (Phi) is 8.87. The maximum absolute atomic E-state index is 11.8. The monoisotopic (exact) mass is 296 g/mol. The van der Waals surface area contributed by atoms with Crippen molar-refractivity contribution in [2.24, 2.45) is 10.9 Å².